The molecule has 6 heteroatoms. The maximum atomic E-state index is 11.9. The van der Waals surface area contributed by atoms with E-state index in [1.165, 1.54) is 6.07 Å². The lowest BCUT2D eigenvalue weighted by Crippen LogP contribution is -2.27. The molecule has 1 aromatic heterocycles. The van der Waals surface area contributed by atoms with Crippen molar-refractivity contribution >= 4 is 5.97 Å². The Balaban J connectivity index is 1.94. The monoisotopic (exact) mass is 310 g/mol. The van der Waals surface area contributed by atoms with Gasteiger partial charge in [-0.05, 0) is 33.6 Å². The van der Waals surface area contributed by atoms with Crippen molar-refractivity contribution in [2.24, 2.45) is 5.41 Å². The van der Waals surface area contributed by atoms with Crippen molar-refractivity contribution in [1.29, 1.82) is 0 Å². The Bertz CT molecular complexity index is 563. The molecule has 1 fully saturated rings. The highest BCUT2D eigenvalue weighted by Gasteiger charge is 2.25. The topological polar surface area (TPSA) is 75.0 Å². The number of ether oxygens (including phenoxy) is 3. The SMILES string of the molecule is CC(C)(C)C(=O)Oc1coc(COC2CCOCC2)cc1=O. The average molecular weight is 310 g/mol. The van der Waals surface area contributed by atoms with Crippen LogP contribution >= 0.6 is 0 Å². The molecule has 1 aromatic rings. The number of carbonyl (C=O) groups is 1. The van der Waals surface area contributed by atoms with Gasteiger partial charge in [-0.25, -0.2) is 0 Å². The van der Waals surface area contributed by atoms with E-state index in [4.69, 9.17) is 18.6 Å². The van der Waals surface area contributed by atoms with Crippen LogP contribution in [0.3, 0.4) is 0 Å². The van der Waals surface area contributed by atoms with Crippen LogP contribution in [0.5, 0.6) is 5.75 Å². The van der Waals surface area contributed by atoms with E-state index >= 15 is 0 Å². The van der Waals surface area contributed by atoms with Crippen molar-refractivity contribution < 1.29 is 23.4 Å². The molecule has 0 N–H and O–H groups in total. The molecule has 0 aromatic carbocycles. The first-order chi connectivity index (χ1) is 10.4. The Hall–Kier alpha value is -1.66. The summed E-state index contributed by atoms with van der Waals surface area (Å²) in [6.45, 7) is 6.74. The van der Waals surface area contributed by atoms with Gasteiger partial charge in [-0.1, -0.05) is 0 Å². The first-order valence-corrected chi connectivity index (χ1v) is 7.39. The fourth-order valence-corrected chi connectivity index (χ4v) is 1.88. The van der Waals surface area contributed by atoms with Gasteiger partial charge in [-0.2, -0.15) is 0 Å². The van der Waals surface area contributed by atoms with Crippen LogP contribution in [0.25, 0.3) is 0 Å². The van der Waals surface area contributed by atoms with Gasteiger partial charge in [0.25, 0.3) is 0 Å². The van der Waals surface area contributed by atoms with Gasteiger partial charge in [-0.3, -0.25) is 9.59 Å². The van der Waals surface area contributed by atoms with Crippen LogP contribution in [0.15, 0.2) is 21.5 Å². The largest absolute Gasteiger partial charge is 0.463 e. The predicted octanol–water partition coefficient (Wildman–Crippen LogP) is 2.29. The molecule has 2 rings (SSSR count). The number of rotatable bonds is 4. The van der Waals surface area contributed by atoms with Crippen molar-refractivity contribution in [3.8, 4) is 5.75 Å². The van der Waals surface area contributed by atoms with Crippen LogP contribution in [0, 0.1) is 5.41 Å². The van der Waals surface area contributed by atoms with Gasteiger partial charge in [0.1, 0.15) is 18.6 Å². The number of esters is 1. The Morgan fingerprint density at radius 1 is 1.32 bits per heavy atom. The summed E-state index contributed by atoms with van der Waals surface area (Å²) in [6, 6.07) is 1.30. The second-order valence-corrected chi connectivity index (χ2v) is 6.34. The summed E-state index contributed by atoms with van der Waals surface area (Å²) in [4.78, 5) is 23.7. The maximum Gasteiger partial charge on any atom is 0.316 e. The summed E-state index contributed by atoms with van der Waals surface area (Å²) < 4.78 is 21.3. The van der Waals surface area contributed by atoms with Crippen LogP contribution in [-0.2, 0) is 20.9 Å². The first kappa shape index (κ1) is 16.7. The quantitative estimate of drug-likeness (QED) is 0.794. The fourth-order valence-electron chi connectivity index (χ4n) is 1.88. The first-order valence-electron chi connectivity index (χ1n) is 7.39. The van der Waals surface area contributed by atoms with Gasteiger partial charge in [0.05, 0.1) is 11.5 Å². The minimum atomic E-state index is -0.683. The van der Waals surface area contributed by atoms with Crippen LogP contribution in [-0.4, -0.2) is 25.3 Å². The van der Waals surface area contributed by atoms with Crippen molar-refractivity contribution in [1.82, 2.24) is 0 Å². The van der Waals surface area contributed by atoms with Crippen molar-refractivity contribution in [3.63, 3.8) is 0 Å². The Morgan fingerprint density at radius 2 is 2.00 bits per heavy atom. The lowest BCUT2D eigenvalue weighted by molar-refractivity contribution is -0.143. The van der Waals surface area contributed by atoms with E-state index in [0.717, 1.165) is 19.1 Å². The highest BCUT2D eigenvalue weighted by Crippen LogP contribution is 2.18. The zero-order chi connectivity index (χ0) is 16.2. The normalized spacial score (nSPS) is 16.5. The van der Waals surface area contributed by atoms with Crippen molar-refractivity contribution in [2.45, 2.75) is 46.3 Å². The van der Waals surface area contributed by atoms with Crippen LogP contribution < -0.4 is 10.2 Å². The molecule has 1 aliphatic rings. The molecule has 1 saturated heterocycles. The Kier molecular flexibility index (Phi) is 5.37. The summed E-state index contributed by atoms with van der Waals surface area (Å²) in [5.41, 5.74) is -1.08. The second kappa shape index (κ2) is 7.07. The van der Waals surface area contributed by atoms with Gasteiger partial charge >= 0.3 is 5.97 Å². The van der Waals surface area contributed by atoms with Gasteiger partial charge in [0, 0.05) is 19.3 Å². The van der Waals surface area contributed by atoms with Gasteiger partial charge < -0.3 is 18.6 Å². The lowest BCUT2D eigenvalue weighted by Gasteiger charge is -2.22. The smallest absolute Gasteiger partial charge is 0.316 e. The van der Waals surface area contributed by atoms with Gasteiger partial charge in [0.15, 0.2) is 0 Å². The molecule has 2 heterocycles. The third kappa shape index (κ3) is 4.68. The summed E-state index contributed by atoms with van der Waals surface area (Å²) in [6.07, 6.45) is 2.96. The molecule has 0 unspecified atom stereocenters. The summed E-state index contributed by atoms with van der Waals surface area (Å²) in [7, 11) is 0. The molecule has 0 atom stereocenters. The minimum Gasteiger partial charge on any atom is -0.463 e. The number of carbonyl (C=O) groups excluding carboxylic acids is 1. The highest BCUT2D eigenvalue weighted by atomic mass is 16.5. The molecule has 0 aliphatic carbocycles. The van der Waals surface area contributed by atoms with Crippen LogP contribution in [0.1, 0.15) is 39.4 Å². The van der Waals surface area contributed by atoms with Crippen molar-refractivity contribution in [2.75, 3.05) is 13.2 Å². The highest BCUT2D eigenvalue weighted by molar-refractivity contribution is 5.77. The lowest BCUT2D eigenvalue weighted by atomic mass is 9.97. The van der Waals surface area contributed by atoms with E-state index in [-0.39, 0.29) is 18.5 Å². The molecule has 22 heavy (non-hydrogen) atoms. The second-order valence-electron chi connectivity index (χ2n) is 6.34. The summed E-state index contributed by atoms with van der Waals surface area (Å²) >= 11 is 0. The molecule has 1 aliphatic heterocycles. The molecule has 0 spiro atoms. The standard InChI is InChI=1S/C16H22O6/c1-16(2,3)15(18)22-14-10-21-12(8-13(14)17)9-20-11-4-6-19-7-5-11/h8,10-11H,4-7,9H2,1-3H3. The van der Waals surface area contributed by atoms with E-state index in [0.29, 0.717) is 19.0 Å². The third-order valence-corrected chi connectivity index (χ3v) is 3.30. The average Bonchev–Trinajstić information content (AvgIpc) is 2.47. The molecule has 6 nitrogen and oxygen atoms in total. The number of hydrogen-bond acceptors (Lipinski definition) is 6. The summed E-state index contributed by atoms with van der Waals surface area (Å²) in [5, 5.41) is 0. The van der Waals surface area contributed by atoms with E-state index in [2.05, 4.69) is 0 Å². The van der Waals surface area contributed by atoms with E-state index in [9.17, 15) is 9.59 Å². The predicted molar refractivity (Wildman–Crippen MR) is 78.7 cm³/mol. The molecular formula is C16H22O6. The van der Waals surface area contributed by atoms with Crippen LogP contribution in [0.4, 0.5) is 0 Å². The summed E-state index contributed by atoms with van der Waals surface area (Å²) in [5.74, 6) is -0.173. The Morgan fingerprint density at radius 3 is 2.59 bits per heavy atom. The van der Waals surface area contributed by atoms with Crippen LogP contribution in [0.2, 0.25) is 0 Å². The molecule has 0 amide bonds. The Labute approximate surface area is 129 Å². The van der Waals surface area contributed by atoms with E-state index < -0.39 is 16.8 Å². The van der Waals surface area contributed by atoms with Gasteiger partial charge in [-0.15, -0.1) is 0 Å². The molecular weight excluding hydrogens is 288 g/mol. The fraction of sp³-hybridized carbons (Fsp3) is 0.625. The van der Waals surface area contributed by atoms with E-state index in [1.807, 2.05) is 0 Å². The minimum absolute atomic E-state index is 0.102. The number of hydrogen-bond donors (Lipinski definition) is 0. The zero-order valence-corrected chi connectivity index (χ0v) is 13.2. The molecule has 0 bridgehead atoms. The maximum absolute atomic E-state index is 11.9. The molecule has 0 radical (unpaired) electrons. The van der Waals surface area contributed by atoms with Gasteiger partial charge in [0.2, 0.25) is 11.2 Å². The zero-order valence-electron chi connectivity index (χ0n) is 13.2. The molecule has 122 valence electrons. The molecule has 0 saturated carbocycles. The third-order valence-electron chi connectivity index (χ3n) is 3.30. The van der Waals surface area contributed by atoms with E-state index in [1.54, 1.807) is 20.8 Å². The van der Waals surface area contributed by atoms with Crippen molar-refractivity contribution in [3.05, 3.63) is 28.3 Å².